The third-order valence-electron chi connectivity index (χ3n) is 6.01. The van der Waals surface area contributed by atoms with E-state index < -0.39 is 24.5 Å². The summed E-state index contributed by atoms with van der Waals surface area (Å²) in [5.74, 6) is -1.29. The molecule has 4 rings (SSSR count). The lowest BCUT2D eigenvalue weighted by Crippen LogP contribution is -2.48. The third kappa shape index (κ3) is 5.14. The zero-order chi connectivity index (χ0) is 24.1. The highest BCUT2D eigenvalue weighted by Gasteiger charge is 2.24. The zero-order valence-corrected chi connectivity index (χ0v) is 18.8. The number of hydrogen-bond acceptors (Lipinski definition) is 6. The van der Waals surface area contributed by atoms with Crippen molar-refractivity contribution in [3.05, 3.63) is 70.6 Å². The summed E-state index contributed by atoms with van der Waals surface area (Å²) >= 11 is 0. The van der Waals surface area contributed by atoms with Gasteiger partial charge < -0.3 is 10.1 Å². The maximum atomic E-state index is 12.9. The van der Waals surface area contributed by atoms with Gasteiger partial charge in [-0.2, -0.15) is 9.78 Å². The fourth-order valence-corrected chi connectivity index (χ4v) is 4.18. The van der Waals surface area contributed by atoms with E-state index in [1.54, 1.807) is 54.6 Å². The molecule has 0 radical (unpaired) electrons. The van der Waals surface area contributed by atoms with Gasteiger partial charge in [0, 0.05) is 11.4 Å². The molecule has 9 heteroatoms. The number of carbonyl (C=O) groups is 3. The maximum Gasteiger partial charge on any atom is 0.359 e. The van der Waals surface area contributed by atoms with E-state index in [-0.39, 0.29) is 17.3 Å². The molecule has 0 aliphatic heterocycles. The molecule has 0 bridgehead atoms. The second-order valence-electron chi connectivity index (χ2n) is 8.41. The molecule has 1 saturated carbocycles. The van der Waals surface area contributed by atoms with E-state index in [0.29, 0.717) is 22.4 Å². The molecule has 1 aromatic heterocycles. The summed E-state index contributed by atoms with van der Waals surface area (Å²) in [6.07, 6.45) is 4.07. The largest absolute Gasteiger partial charge is 0.451 e. The lowest BCUT2D eigenvalue weighted by atomic mass is 9.86. The van der Waals surface area contributed by atoms with Gasteiger partial charge >= 0.3 is 12.0 Å². The summed E-state index contributed by atoms with van der Waals surface area (Å²) in [5, 5.41) is 9.83. The first kappa shape index (κ1) is 23.2. The molecule has 2 atom stereocenters. The lowest BCUT2D eigenvalue weighted by Gasteiger charge is -2.29. The summed E-state index contributed by atoms with van der Waals surface area (Å²) in [6.45, 7) is 1.41. The Morgan fingerprint density at radius 1 is 1.00 bits per heavy atom. The van der Waals surface area contributed by atoms with Crippen LogP contribution in [0.3, 0.4) is 0 Å². The Labute approximate surface area is 196 Å². The van der Waals surface area contributed by atoms with Gasteiger partial charge in [-0.05, 0) is 37.0 Å². The van der Waals surface area contributed by atoms with Crippen molar-refractivity contribution in [1.82, 2.24) is 20.4 Å². The monoisotopic (exact) mass is 462 g/mol. The van der Waals surface area contributed by atoms with Crippen molar-refractivity contribution < 1.29 is 19.1 Å². The Bertz CT molecular complexity index is 1270. The summed E-state index contributed by atoms with van der Waals surface area (Å²) in [4.78, 5) is 50.1. The van der Waals surface area contributed by atoms with Gasteiger partial charge in [0.25, 0.3) is 11.5 Å². The van der Waals surface area contributed by atoms with Gasteiger partial charge in [-0.15, -0.1) is 0 Å². The molecule has 2 aromatic carbocycles. The highest BCUT2D eigenvalue weighted by Crippen LogP contribution is 2.23. The molecule has 0 unspecified atom stereocenters. The number of para-hydroxylation sites is 1. The minimum Gasteiger partial charge on any atom is -0.451 e. The van der Waals surface area contributed by atoms with Crippen molar-refractivity contribution in [2.24, 2.45) is 5.92 Å². The Kier molecular flexibility index (Phi) is 7.01. The number of carbonyl (C=O) groups excluding carboxylic acids is 3. The van der Waals surface area contributed by atoms with E-state index in [2.05, 4.69) is 22.7 Å². The molecule has 1 aliphatic rings. The predicted molar refractivity (Wildman–Crippen MR) is 126 cm³/mol. The van der Waals surface area contributed by atoms with Crippen LogP contribution in [0.15, 0.2) is 59.4 Å². The van der Waals surface area contributed by atoms with E-state index in [0.717, 1.165) is 30.4 Å². The number of imide groups is 1. The summed E-state index contributed by atoms with van der Waals surface area (Å²) < 4.78 is 6.25. The number of nitrogens with one attached hydrogen (secondary N) is 2. The maximum absolute atomic E-state index is 12.9. The first-order chi connectivity index (χ1) is 16.4. The normalized spacial score (nSPS) is 17.7. The van der Waals surface area contributed by atoms with Crippen LogP contribution >= 0.6 is 0 Å². The van der Waals surface area contributed by atoms with Gasteiger partial charge in [0.05, 0.1) is 11.1 Å². The number of rotatable bonds is 5. The van der Waals surface area contributed by atoms with Crippen LogP contribution in [0.4, 0.5) is 4.79 Å². The van der Waals surface area contributed by atoms with Crippen molar-refractivity contribution in [2.75, 3.05) is 6.61 Å². The average Bonchev–Trinajstić information content (AvgIpc) is 2.85. The van der Waals surface area contributed by atoms with Crippen LogP contribution in [-0.4, -0.2) is 40.3 Å². The molecule has 3 amide bonds. The number of urea groups is 1. The van der Waals surface area contributed by atoms with Crippen LogP contribution in [0, 0.1) is 5.92 Å². The Morgan fingerprint density at radius 3 is 2.41 bits per heavy atom. The Balaban J connectivity index is 1.46. The van der Waals surface area contributed by atoms with Gasteiger partial charge in [-0.1, -0.05) is 56.2 Å². The smallest absolute Gasteiger partial charge is 0.359 e. The van der Waals surface area contributed by atoms with E-state index in [1.165, 1.54) is 0 Å². The molecule has 176 valence electrons. The highest BCUT2D eigenvalue weighted by molar-refractivity contribution is 6.03. The van der Waals surface area contributed by atoms with Gasteiger partial charge in [0.1, 0.15) is 0 Å². The molecule has 0 spiro atoms. The Hall–Kier alpha value is -4.01. The number of amides is 3. The van der Waals surface area contributed by atoms with Gasteiger partial charge in [-0.3, -0.25) is 14.9 Å². The zero-order valence-electron chi connectivity index (χ0n) is 18.8. The fourth-order valence-electron chi connectivity index (χ4n) is 4.18. The molecule has 2 N–H and O–H groups in total. The van der Waals surface area contributed by atoms with Crippen LogP contribution in [0.1, 0.15) is 43.1 Å². The van der Waals surface area contributed by atoms with Crippen LogP contribution in [0.2, 0.25) is 0 Å². The van der Waals surface area contributed by atoms with Crippen molar-refractivity contribution in [1.29, 1.82) is 0 Å². The number of hydrogen-bond donors (Lipinski definition) is 2. The molecule has 0 saturated heterocycles. The molecule has 1 fully saturated rings. The number of ether oxygens (including phenoxy) is 1. The lowest BCUT2D eigenvalue weighted by molar-refractivity contribution is -0.123. The van der Waals surface area contributed by atoms with E-state index in [1.807, 2.05) is 0 Å². The molecular formula is C25H26N4O5. The van der Waals surface area contributed by atoms with E-state index in [4.69, 9.17) is 4.74 Å². The van der Waals surface area contributed by atoms with Gasteiger partial charge in [-0.25, -0.2) is 9.59 Å². The van der Waals surface area contributed by atoms with E-state index in [9.17, 15) is 19.2 Å². The van der Waals surface area contributed by atoms with E-state index >= 15 is 0 Å². The number of fused-ring (bicyclic) bond motifs is 1. The molecular weight excluding hydrogens is 436 g/mol. The second kappa shape index (κ2) is 10.3. The fraction of sp³-hybridized carbons (Fsp3) is 0.320. The minimum atomic E-state index is -0.877. The molecule has 34 heavy (non-hydrogen) atoms. The van der Waals surface area contributed by atoms with Gasteiger partial charge in [0.15, 0.2) is 12.3 Å². The summed E-state index contributed by atoms with van der Waals surface area (Å²) in [7, 11) is 0. The van der Waals surface area contributed by atoms with Crippen molar-refractivity contribution in [3.63, 3.8) is 0 Å². The van der Waals surface area contributed by atoms with Gasteiger partial charge in [0.2, 0.25) is 0 Å². The second-order valence-corrected chi connectivity index (χ2v) is 8.41. The number of benzene rings is 2. The predicted octanol–water partition coefficient (Wildman–Crippen LogP) is 2.95. The third-order valence-corrected chi connectivity index (χ3v) is 6.01. The molecule has 9 nitrogen and oxygen atoms in total. The quantitative estimate of drug-likeness (QED) is 0.563. The topological polar surface area (TPSA) is 119 Å². The standard InChI is InChI=1S/C25H26N4O5/c1-16-9-5-8-14-20(16)26-25(33)27-21(30)15-34-24(32)22-18-12-6-7-13-19(18)23(31)29(28-22)17-10-3-2-4-11-17/h2-4,6-7,10-13,16,20H,5,8-9,14-15H2,1H3,(H2,26,27,30,33)/t16-,20-/m1/s1. The van der Waals surface area contributed by atoms with Crippen molar-refractivity contribution >= 4 is 28.7 Å². The van der Waals surface area contributed by atoms with Crippen LogP contribution in [0.5, 0.6) is 0 Å². The first-order valence-corrected chi connectivity index (χ1v) is 11.3. The molecule has 3 aromatic rings. The Morgan fingerprint density at radius 2 is 1.68 bits per heavy atom. The summed E-state index contributed by atoms with van der Waals surface area (Å²) in [5.41, 5.74) is -0.00398. The first-order valence-electron chi connectivity index (χ1n) is 11.3. The number of esters is 1. The van der Waals surface area contributed by atoms with Crippen LogP contribution < -0.4 is 16.2 Å². The minimum absolute atomic E-state index is 0.0127. The van der Waals surface area contributed by atoms with Crippen molar-refractivity contribution in [2.45, 2.75) is 38.6 Å². The van der Waals surface area contributed by atoms with Crippen LogP contribution in [0.25, 0.3) is 16.5 Å². The molecule has 1 heterocycles. The molecule has 1 aliphatic carbocycles. The van der Waals surface area contributed by atoms with Crippen molar-refractivity contribution in [3.8, 4) is 5.69 Å². The number of aromatic nitrogens is 2. The SMILES string of the molecule is C[C@@H]1CCCC[C@H]1NC(=O)NC(=O)COC(=O)c1nn(-c2ccccc2)c(=O)c2ccccc12. The van der Waals surface area contributed by atoms with Crippen LogP contribution in [-0.2, 0) is 9.53 Å². The average molecular weight is 463 g/mol. The summed E-state index contributed by atoms with van der Waals surface area (Å²) in [6, 6.07) is 14.6. The highest BCUT2D eigenvalue weighted by atomic mass is 16.5. The number of nitrogens with zero attached hydrogens (tertiary/aromatic N) is 2.